The van der Waals surface area contributed by atoms with Crippen molar-refractivity contribution in [2.75, 3.05) is 31.8 Å². The van der Waals surface area contributed by atoms with Crippen LogP contribution >= 0.6 is 15.9 Å². The number of esters is 1. The van der Waals surface area contributed by atoms with Crippen molar-refractivity contribution < 1.29 is 19.0 Å². The van der Waals surface area contributed by atoms with Gasteiger partial charge in [0.25, 0.3) is 0 Å². The molecule has 0 aliphatic carbocycles. The van der Waals surface area contributed by atoms with Crippen molar-refractivity contribution in [3.63, 3.8) is 0 Å². The number of carbonyl (C=O) groups excluding carboxylic acids is 1. The maximum atomic E-state index is 11.3. The smallest absolute Gasteiger partial charge is 0.308 e. The normalized spacial score (nSPS) is 11.5. The fourth-order valence-corrected chi connectivity index (χ4v) is 1.15. The molecule has 0 aromatic rings. The molecular weight excluding hydrogens is 276 g/mol. The van der Waals surface area contributed by atoms with Crippen LogP contribution in [0.25, 0.3) is 0 Å². The van der Waals surface area contributed by atoms with Gasteiger partial charge in [-0.2, -0.15) is 0 Å². The molecule has 0 bridgehead atoms. The second-order valence-electron chi connectivity index (χ2n) is 4.25. The highest BCUT2D eigenvalue weighted by molar-refractivity contribution is 9.09. The molecule has 0 amide bonds. The third kappa shape index (κ3) is 11.9. The minimum absolute atomic E-state index is 0.228. The Balaban J connectivity index is 3.28. The molecule has 5 heteroatoms. The fourth-order valence-electron chi connectivity index (χ4n) is 0.925. The highest BCUT2D eigenvalue weighted by Gasteiger charge is 2.15. The van der Waals surface area contributed by atoms with Crippen LogP contribution in [0.1, 0.15) is 27.2 Å². The van der Waals surface area contributed by atoms with Crippen LogP contribution in [0.3, 0.4) is 0 Å². The van der Waals surface area contributed by atoms with Crippen LogP contribution < -0.4 is 0 Å². The van der Waals surface area contributed by atoms with Crippen molar-refractivity contribution >= 4 is 21.9 Å². The maximum absolute atomic E-state index is 11.3. The third-order valence-electron chi connectivity index (χ3n) is 1.46. The van der Waals surface area contributed by atoms with Crippen molar-refractivity contribution in [1.82, 2.24) is 0 Å². The third-order valence-corrected chi connectivity index (χ3v) is 1.79. The van der Waals surface area contributed by atoms with Crippen LogP contribution in [-0.4, -0.2) is 43.3 Å². The molecule has 0 unspecified atom stereocenters. The van der Waals surface area contributed by atoms with E-state index in [-0.39, 0.29) is 12.4 Å². The predicted molar refractivity (Wildman–Crippen MR) is 65.9 cm³/mol. The molecule has 96 valence electrons. The van der Waals surface area contributed by atoms with E-state index >= 15 is 0 Å². The molecular formula is C11H21BrO4. The summed E-state index contributed by atoms with van der Waals surface area (Å²) >= 11 is 3.25. The molecule has 0 saturated carbocycles. The lowest BCUT2D eigenvalue weighted by Crippen LogP contribution is -2.24. The maximum Gasteiger partial charge on any atom is 0.308 e. The van der Waals surface area contributed by atoms with Gasteiger partial charge in [-0.3, -0.25) is 4.79 Å². The van der Waals surface area contributed by atoms with E-state index in [0.29, 0.717) is 26.4 Å². The molecule has 0 aromatic heterocycles. The first kappa shape index (κ1) is 15.9. The summed E-state index contributed by atoms with van der Waals surface area (Å²) < 4.78 is 15.5. The Morgan fingerprint density at radius 3 is 2.12 bits per heavy atom. The zero-order valence-electron chi connectivity index (χ0n) is 10.3. The van der Waals surface area contributed by atoms with E-state index in [9.17, 15) is 4.79 Å². The molecule has 0 spiro atoms. The highest BCUT2D eigenvalue weighted by atomic mass is 79.9. The Labute approximate surface area is 106 Å². The standard InChI is InChI=1S/C11H21BrO4/c1-11(2,3)16-10(13)4-6-14-8-9-15-7-5-12/h4-9H2,1-3H3. The summed E-state index contributed by atoms with van der Waals surface area (Å²) in [6.07, 6.45) is 0.287. The molecule has 4 nitrogen and oxygen atoms in total. The fraction of sp³-hybridized carbons (Fsp3) is 0.909. The Bertz CT molecular complexity index is 189. The van der Waals surface area contributed by atoms with Crippen molar-refractivity contribution in [1.29, 1.82) is 0 Å². The molecule has 0 saturated heterocycles. The van der Waals surface area contributed by atoms with Crippen molar-refractivity contribution in [2.24, 2.45) is 0 Å². The number of carbonyl (C=O) groups is 1. The number of halogens is 1. The monoisotopic (exact) mass is 296 g/mol. The molecule has 0 N–H and O–H groups in total. The topological polar surface area (TPSA) is 44.8 Å². The Morgan fingerprint density at radius 2 is 1.62 bits per heavy atom. The van der Waals surface area contributed by atoms with Gasteiger partial charge in [-0.15, -0.1) is 0 Å². The molecule has 0 heterocycles. The lowest BCUT2D eigenvalue weighted by molar-refractivity contribution is -0.156. The van der Waals surface area contributed by atoms with Gasteiger partial charge in [-0.05, 0) is 20.8 Å². The minimum atomic E-state index is -0.421. The van der Waals surface area contributed by atoms with Gasteiger partial charge in [0.1, 0.15) is 5.60 Å². The molecule has 0 aliphatic rings. The highest BCUT2D eigenvalue weighted by Crippen LogP contribution is 2.07. The van der Waals surface area contributed by atoms with Crippen LogP contribution in [0, 0.1) is 0 Å². The van der Waals surface area contributed by atoms with E-state index in [4.69, 9.17) is 14.2 Å². The van der Waals surface area contributed by atoms with E-state index in [0.717, 1.165) is 5.33 Å². The summed E-state index contributed by atoms with van der Waals surface area (Å²) in [6.45, 7) is 7.66. The second kappa shape index (κ2) is 8.96. The van der Waals surface area contributed by atoms with Gasteiger partial charge in [0, 0.05) is 5.33 Å². The summed E-state index contributed by atoms with van der Waals surface area (Å²) in [5, 5.41) is 0.824. The first-order chi connectivity index (χ1) is 7.45. The molecule has 0 fully saturated rings. The van der Waals surface area contributed by atoms with Gasteiger partial charge >= 0.3 is 5.97 Å². The van der Waals surface area contributed by atoms with Crippen LogP contribution in [-0.2, 0) is 19.0 Å². The number of hydrogen-bond donors (Lipinski definition) is 0. The summed E-state index contributed by atoms with van der Waals surface area (Å²) in [5.41, 5.74) is -0.421. The lowest BCUT2D eigenvalue weighted by Gasteiger charge is -2.19. The molecule has 0 aromatic carbocycles. The van der Waals surface area contributed by atoms with Crippen LogP contribution in [0.2, 0.25) is 0 Å². The van der Waals surface area contributed by atoms with Gasteiger partial charge in [0.2, 0.25) is 0 Å². The van der Waals surface area contributed by atoms with E-state index < -0.39 is 5.60 Å². The summed E-state index contributed by atoms with van der Waals surface area (Å²) in [5.74, 6) is -0.228. The SMILES string of the molecule is CC(C)(C)OC(=O)CCOCCOCCBr. The zero-order chi connectivity index (χ0) is 12.4. The molecule has 0 aliphatic heterocycles. The summed E-state index contributed by atoms with van der Waals surface area (Å²) in [6, 6.07) is 0. The quantitative estimate of drug-likeness (QED) is 0.391. The molecule has 0 radical (unpaired) electrons. The largest absolute Gasteiger partial charge is 0.460 e. The zero-order valence-corrected chi connectivity index (χ0v) is 11.8. The van der Waals surface area contributed by atoms with Gasteiger partial charge in [0.05, 0.1) is 32.8 Å². The van der Waals surface area contributed by atoms with Crippen molar-refractivity contribution in [3.8, 4) is 0 Å². The van der Waals surface area contributed by atoms with Gasteiger partial charge < -0.3 is 14.2 Å². The molecule has 0 atom stereocenters. The Hall–Kier alpha value is -0.130. The first-order valence-electron chi connectivity index (χ1n) is 5.39. The number of alkyl halides is 1. The predicted octanol–water partition coefficient (Wildman–Crippen LogP) is 2.15. The lowest BCUT2D eigenvalue weighted by atomic mass is 10.2. The van der Waals surface area contributed by atoms with E-state index in [1.807, 2.05) is 20.8 Å². The van der Waals surface area contributed by atoms with Crippen molar-refractivity contribution in [3.05, 3.63) is 0 Å². The Morgan fingerprint density at radius 1 is 1.06 bits per heavy atom. The number of ether oxygens (including phenoxy) is 3. The average Bonchev–Trinajstić information content (AvgIpc) is 2.13. The average molecular weight is 297 g/mol. The van der Waals surface area contributed by atoms with Gasteiger partial charge in [-0.1, -0.05) is 15.9 Å². The second-order valence-corrected chi connectivity index (χ2v) is 5.04. The molecule has 16 heavy (non-hydrogen) atoms. The first-order valence-corrected chi connectivity index (χ1v) is 6.51. The molecule has 0 rings (SSSR count). The van der Waals surface area contributed by atoms with Crippen LogP contribution in [0.5, 0.6) is 0 Å². The van der Waals surface area contributed by atoms with Crippen LogP contribution in [0.15, 0.2) is 0 Å². The summed E-state index contributed by atoms with van der Waals surface area (Å²) in [4.78, 5) is 11.3. The van der Waals surface area contributed by atoms with E-state index in [1.165, 1.54) is 0 Å². The van der Waals surface area contributed by atoms with Gasteiger partial charge in [0.15, 0.2) is 0 Å². The number of hydrogen-bond acceptors (Lipinski definition) is 4. The van der Waals surface area contributed by atoms with E-state index in [2.05, 4.69) is 15.9 Å². The minimum Gasteiger partial charge on any atom is -0.460 e. The Kier molecular flexibility index (Phi) is 8.89. The van der Waals surface area contributed by atoms with Crippen molar-refractivity contribution in [2.45, 2.75) is 32.8 Å². The summed E-state index contributed by atoms with van der Waals surface area (Å²) in [7, 11) is 0. The van der Waals surface area contributed by atoms with Crippen LogP contribution in [0.4, 0.5) is 0 Å². The number of rotatable bonds is 8. The van der Waals surface area contributed by atoms with Gasteiger partial charge in [-0.25, -0.2) is 0 Å². The van der Waals surface area contributed by atoms with E-state index in [1.54, 1.807) is 0 Å².